The number of carbonyl (C=O) groups is 2. The minimum absolute atomic E-state index is 0.0961. The van der Waals surface area contributed by atoms with E-state index in [-0.39, 0.29) is 17.2 Å². The molecule has 1 saturated heterocycles. The van der Waals surface area contributed by atoms with Gasteiger partial charge in [-0.15, -0.1) is 0 Å². The molecule has 1 fully saturated rings. The zero-order valence-corrected chi connectivity index (χ0v) is 22.1. The van der Waals surface area contributed by atoms with E-state index in [4.69, 9.17) is 18.9 Å². The molecule has 0 aromatic rings. The molecule has 3 rings (SSSR count). The van der Waals surface area contributed by atoms with Gasteiger partial charge in [0.05, 0.1) is 38.6 Å². The van der Waals surface area contributed by atoms with E-state index >= 15 is 0 Å². The normalized spacial score (nSPS) is 32.4. The highest BCUT2D eigenvalue weighted by atomic mass is 16.5. The second-order valence-electron chi connectivity index (χ2n) is 9.79. The Kier molecular flexibility index (Phi) is 11.3. The lowest BCUT2D eigenvalue weighted by atomic mass is 9.91. The monoisotopic (exact) mass is 509 g/mol. The van der Waals surface area contributed by atoms with Crippen LogP contribution in [0, 0.1) is 0 Å². The first-order valence-corrected chi connectivity index (χ1v) is 12.8. The third-order valence-electron chi connectivity index (χ3n) is 6.66. The molecule has 36 heavy (non-hydrogen) atoms. The van der Waals surface area contributed by atoms with Gasteiger partial charge in [0.2, 0.25) is 0 Å². The molecule has 3 aliphatic heterocycles. The van der Waals surface area contributed by atoms with Gasteiger partial charge in [0.15, 0.2) is 0 Å². The SMILES string of the molecule is COC(=O)C1=C(C(=O)OC)C2OC1C=C2COC[C@H]1CN[C@H](C)CN[C@@H](C)CNCCN[C@H](C)CN1. The fourth-order valence-corrected chi connectivity index (χ4v) is 4.56. The molecule has 0 spiro atoms. The van der Waals surface area contributed by atoms with Crippen molar-refractivity contribution in [2.24, 2.45) is 0 Å². The van der Waals surface area contributed by atoms with Crippen LogP contribution in [0.1, 0.15) is 20.8 Å². The van der Waals surface area contributed by atoms with Crippen LogP contribution in [0.4, 0.5) is 0 Å². The summed E-state index contributed by atoms with van der Waals surface area (Å²) >= 11 is 0. The lowest BCUT2D eigenvalue weighted by Gasteiger charge is -2.25. The molecule has 5 N–H and O–H groups in total. The van der Waals surface area contributed by atoms with Gasteiger partial charge < -0.3 is 45.5 Å². The third-order valence-corrected chi connectivity index (χ3v) is 6.66. The molecule has 3 heterocycles. The van der Waals surface area contributed by atoms with E-state index in [1.807, 2.05) is 6.08 Å². The fraction of sp³-hybridized carbons (Fsp3) is 0.760. The summed E-state index contributed by atoms with van der Waals surface area (Å²) in [5.41, 5.74) is 1.22. The molecule has 11 heteroatoms. The van der Waals surface area contributed by atoms with E-state index in [1.54, 1.807) is 0 Å². The second kappa shape index (κ2) is 14.2. The molecule has 2 unspecified atom stereocenters. The van der Waals surface area contributed by atoms with E-state index in [2.05, 4.69) is 47.4 Å². The molecule has 0 aromatic heterocycles. The number of esters is 2. The highest BCUT2D eigenvalue weighted by Crippen LogP contribution is 2.40. The number of fused-ring (bicyclic) bond motifs is 2. The molecular weight excluding hydrogens is 466 g/mol. The second-order valence-corrected chi connectivity index (χ2v) is 9.79. The Morgan fingerprint density at radius 2 is 1.50 bits per heavy atom. The van der Waals surface area contributed by atoms with Crippen LogP contribution >= 0.6 is 0 Å². The first-order valence-electron chi connectivity index (χ1n) is 12.8. The zero-order valence-electron chi connectivity index (χ0n) is 22.1. The molecule has 0 amide bonds. The molecule has 0 saturated carbocycles. The van der Waals surface area contributed by atoms with Crippen LogP contribution in [0.3, 0.4) is 0 Å². The Labute approximate surface area is 214 Å². The van der Waals surface area contributed by atoms with Crippen molar-refractivity contribution in [3.05, 3.63) is 22.8 Å². The zero-order chi connectivity index (χ0) is 26.1. The Morgan fingerprint density at radius 3 is 2.25 bits per heavy atom. The van der Waals surface area contributed by atoms with Gasteiger partial charge >= 0.3 is 11.9 Å². The van der Waals surface area contributed by atoms with Crippen LogP contribution in [-0.4, -0.2) is 115 Å². The summed E-state index contributed by atoms with van der Waals surface area (Å²) in [6, 6.07) is 1.12. The van der Waals surface area contributed by atoms with Gasteiger partial charge in [-0.3, -0.25) is 0 Å². The average Bonchev–Trinajstić information content (AvgIpc) is 3.45. The Bertz CT molecular complexity index is 819. The van der Waals surface area contributed by atoms with Gasteiger partial charge in [-0.25, -0.2) is 9.59 Å². The highest BCUT2D eigenvalue weighted by Gasteiger charge is 2.47. The molecule has 6 atom stereocenters. The minimum Gasteiger partial charge on any atom is -0.466 e. The van der Waals surface area contributed by atoms with Crippen molar-refractivity contribution >= 4 is 11.9 Å². The summed E-state index contributed by atoms with van der Waals surface area (Å²) in [7, 11) is 2.57. The summed E-state index contributed by atoms with van der Waals surface area (Å²) in [5, 5.41) is 17.8. The van der Waals surface area contributed by atoms with E-state index in [1.165, 1.54) is 14.2 Å². The summed E-state index contributed by atoms with van der Waals surface area (Å²) in [6.07, 6.45) is 0.562. The van der Waals surface area contributed by atoms with E-state index < -0.39 is 24.1 Å². The number of nitrogens with one attached hydrogen (secondary N) is 5. The molecule has 3 aliphatic rings. The van der Waals surface area contributed by atoms with Crippen molar-refractivity contribution in [1.29, 1.82) is 0 Å². The molecule has 0 radical (unpaired) electrons. The van der Waals surface area contributed by atoms with Crippen LogP contribution in [0.25, 0.3) is 0 Å². The predicted octanol–water partition coefficient (Wildman–Crippen LogP) is -1.15. The average molecular weight is 510 g/mol. The largest absolute Gasteiger partial charge is 0.466 e. The van der Waals surface area contributed by atoms with Crippen LogP contribution < -0.4 is 26.6 Å². The highest BCUT2D eigenvalue weighted by molar-refractivity contribution is 6.04. The first-order chi connectivity index (χ1) is 17.3. The summed E-state index contributed by atoms with van der Waals surface area (Å²) in [4.78, 5) is 24.6. The number of carbonyl (C=O) groups excluding carboxylic acids is 2. The van der Waals surface area contributed by atoms with E-state index in [0.29, 0.717) is 31.3 Å². The Morgan fingerprint density at radius 1 is 0.861 bits per heavy atom. The first kappa shape index (κ1) is 28.7. The summed E-state index contributed by atoms with van der Waals surface area (Å²) < 4.78 is 21.7. The van der Waals surface area contributed by atoms with Crippen LogP contribution in [-0.2, 0) is 28.5 Å². The van der Waals surface area contributed by atoms with Crippen molar-refractivity contribution in [2.75, 3.05) is 66.7 Å². The molecule has 204 valence electrons. The molecule has 0 aromatic carbocycles. The Hall–Kier alpha value is -1.86. The standard InChI is InChI=1S/C25H43N5O6/c1-15-9-26-6-7-27-16(2)11-30-19(12-29-17(3)10-28-15)14-35-13-18-8-20-21(24(31)33-4)22(23(18)36-20)25(32)34-5/h8,15-17,19-20,23,26-30H,6-7,9-14H2,1-5H3/t15-,16+,17+,19+,20?,23?/m0/s1. The summed E-state index contributed by atoms with van der Waals surface area (Å²) in [6.45, 7) is 12.5. The van der Waals surface area contributed by atoms with Gasteiger partial charge in [0.25, 0.3) is 0 Å². The quantitative estimate of drug-likeness (QED) is 0.220. The van der Waals surface area contributed by atoms with Gasteiger partial charge in [0, 0.05) is 63.4 Å². The molecule has 2 bridgehead atoms. The Balaban J connectivity index is 1.56. The number of hydrogen-bond acceptors (Lipinski definition) is 11. The number of hydrogen-bond donors (Lipinski definition) is 5. The van der Waals surface area contributed by atoms with Gasteiger partial charge in [0.1, 0.15) is 12.2 Å². The number of methoxy groups -OCH3 is 2. The maximum Gasteiger partial charge on any atom is 0.337 e. The smallest absolute Gasteiger partial charge is 0.337 e. The van der Waals surface area contributed by atoms with Crippen LogP contribution in [0.5, 0.6) is 0 Å². The van der Waals surface area contributed by atoms with Crippen molar-refractivity contribution < 1.29 is 28.5 Å². The van der Waals surface area contributed by atoms with Gasteiger partial charge in [-0.2, -0.15) is 0 Å². The number of rotatable bonds is 6. The van der Waals surface area contributed by atoms with Crippen LogP contribution in [0.2, 0.25) is 0 Å². The minimum atomic E-state index is -0.651. The predicted molar refractivity (Wildman–Crippen MR) is 136 cm³/mol. The van der Waals surface area contributed by atoms with Crippen molar-refractivity contribution in [2.45, 2.75) is 57.1 Å². The third kappa shape index (κ3) is 7.82. The molecule has 0 aliphatic carbocycles. The lowest BCUT2D eigenvalue weighted by molar-refractivity contribution is -0.139. The molecule has 11 nitrogen and oxygen atoms in total. The van der Waals surface area contributed by atoms with E-state index in [9.17, 15) is 9.59 Å². The van der Waals surface area contributed by atoms with Crippen molar-refractivity contribution in [3.8, 4) is 0 Å². The molecular formula is C25H43N5O6. The lowest BCUT2D eigenvalue weighted by Crippen LogP contribution is -2.50. The number of ether oxygens (including phenoxy) is 4. The topological polar surface area (TPSA) is 131 Å². The maximum absolute atomic E-state index is 12.4. The van der Waals surface area contributed by atoms with Crippen LogP contribution in [0.15, 0.2) is 22.8 Å². The van der Waals surface area contributed by atoms with Gasteiger partial charge in [-0.05, 0) is 32.4 Å². The van der Waals surface area contributed by atoms with Crippen molar-refractivity contribution in [1.82, 2.24) is 26.6 Å². The van der Waals surface area contributed by atoms with Crippen molar-refractivity contribution in [3.63, 3.8) is 0 Å². The maximum atomic E-state index is 12.4. The van der Waals surface area contributed by atoms with Gasteiger partial charge in [-0.1, -0.05) is 0 Å². The van der Waals surface area contributed by atoms with E-state index in [0.717, 1.165) is 44.8 Å². The fourth-order valence-electron chi connectivity index (χ4n) is 4.56. The summed E-state index contributed by atoms with van der Waals surface area (Å²) in [5.74, 6) is -1.17.